The summed E-state index contributed by atoms with van der Waals surface area (Å²) in [4.78, 5) is 27.5. The highest BCUT2D eigenvalue weighted by Gasteiger charge is 2.29. The van der Waals surface area contributed by atoms with Crippen LogP contribution in [0.1, 0.15) is 38.3 Å². The number of hydrogen-bond donors (Lipinski definition) is 1. The Morgan fingerprint density at radius 3 is 2.48 bits per heavy atom. The molecule has 2 rings (SSSR count). The molecule has 0 saturated carbocycles. The molecule has 2 aromatic carbocycles. The van der Waals surface area contributed by atoms with Crippen LogP contribution in [0, 0.1) is 6.92 Å². The molecule has 0 aliphatic rings. The van der Waals surface area contributed by atoms with Crippen LogP contribution in [0.5, 0.6) is 5.75 Å². The Hall–Kier alpha value is -2.53. The van der Waals surface area contributed by atoms with Gasteiger partial charge >= 0.3 is 0 Å². The summed E-state index contributed by atoms with van der Waals surface area (Å²) in [5.74, 6) is 0.104. The minimum absolute atomic E-state index is 0.00493. The molecular weight excluding hydrogens is 388 g/mol. The molecule has 29 heavy (non-hydrogen) atoms. The van der Waals surface area contributed by atoms with Gasteiger partial charge in [-0.05, 0) is 56.5 Å². The SMILES string of the molecule is CC[C@H](C(=O)NC(C)C)N(Cc1ccccc1C)C(=O)COc1cccc(Cl)c1. The van der Waals surface area contributed by atoms with Gasteiger partial charge in [-0.25, -0.2) is 0 Å². The Kier molecular flexibility index (Phi) is 8.52. The molecule has 1 atom stereocenters. The average Bonchev–Trinajstić information content (AvgIpc) is 2.67. The van der Waals surface area contributed by atoms with Crippen molar-refractivity contribution in [2.45, 2.75) is 52.7 Å². The first-order valence-corrected chi connectivity index (χ1v) is 10.2. The van der Waals surface area contributed by atoms with E-state index < -0.39 is 6.04 Å². The molecule has 0 heterocycles. The Morgan fingerprint density at radius 1 is 1.14 bits per heavy atom. The molecule has 5 nitrogen and oxygen atoms in total. The number of rotatable bonds is 9. The zero-order valence-electron chi connectivity index (χ0n) is 17.4. The van der Waals surface area contributed by atoms with E-state index in [0.29, 0.717) is 23.7 Å². The van der Waals surface area contributed by atoms with Crippen LogP contribution in [0.2, 0.25) is 5.02 Å². The summed E-state index contributed by atoms with van der Waals surface area (Å²) in [5.41, 5.74) is 2.07. The monoisotopic (exact) mass is 416 g/mol. The second kappa shape index (κ2) is 10.9. The Bertz CT molecular complexity index is 838. The van der Waals surface area contributed by atoms with Gasteiger partial charge in [0.25, 0.3) is 5.91 Å². The highest BCUT2D eigenvalue weighted by Crippen LogP contribution is 2.19. The Labute approximate surface area is 178 Å². The number of benzene rings is 2. The predicted molar refractivity (Wildman–Crippen MR) is 116 cm³/mol. The predicted octanol–water partition coefficient (Wildman–Crippen LogP) is 4.36. The third-order valence-electron chi connectivity index (χ3n) is 4.58. The van der Waals surface area contributed by atoms with Crippen LogP contribution in [-0.4, -0.2) is 35.4 Å². The molecule has 0 aromatic heterocycles. The van der Waals surface area contributed by atoms with Crippen molar-refractivity contribution in [3.05, 3.63) is 64.7 Å². The molecule has 0 spiro atoms. The first-order chi connectivity index (χ1) is 13.8. The topological polar surface area (TPSA) is 58.6 Å². The summed E-state index contributed by atoms with van der Waals surface area (Å²) in [6.07, 6.45) is 0.507. The summed E-state index contributed by atoms with van der Waals surface area (Å²) in [5, 5.41) is 3.46. The summed E-state index contributed by atoms with van der Waals surface area (Å²) < 4.78 is 5.65. The molecule has 0 aliphatic carbocycles. The molecule has 156 valence electrons. The maximum Gasteiger partial charge on any atom is 0.261 e. The van der Waals surface area contributed by atoms with Crippen molar-refractivity contribution in [2.75, 3.05) is 6.61 Å². The zero-order valence-corrected chi connectivity index (χ0v) is 18.2. The average molecular weight is 417 g/mol. The summed E-state index contributed by atoms with van der Waals surface area (Å²) in [6, 6.07) is 14.2. The van der Waals surface area contributed by atoms with Crippen LogP contribution in [0.15, 0.2) is 48.5 Å². The second-order valence-electron chi connectivity index (χ2n) is 7.28. The number of halogens is 1. The van der Waals surface area contributed by atoms with Crippen LogP contribution in [0.4, 0.5) is 0 Å². The highest BCUT2D eigenvalue weighted by atomic mass is 35.5. The number of nitrogens with one attached hydrogen (secondary N) is 1. The van der Waals surface area contributed by atoms with Crippen molar-refractivity contribution in [1.29, 1.82) is 0 Å². The second-order valence-corrected chi connectivity index (χ2v) is 7.72. The van der Waals surface area contributed by atoms with Gasteiger partial charge in [-0.3, -0.25) is 9.59 Å². The lowest BCUT2D eigenvalue weighted by molar-refractivity contribution is -0.143. The van der Waals surface area contributed by atoms with Crippen LogP contribution in [0.25, 0.3) is 0 Å². The van der Waals surface area contributed by atoms with E-state index in [1.807, 2.05) is 52.0 Å². The van der Waals surface area contributed by atoms with Gasteiger partial charge in [0.05, 0.1) is 0 Å². The normalized spacial score (nSPS) is 11.8. The van der Waals surface area contributed by atoms with E-state index in [1.54, 1.807) is 29.2 Å². The van der Waals surface area contributed by atoms with Gasteiger partial charge in [-0.1, -0.05) is 48.9 Å². The maximum absolute atomic E-state index is 13.1. The van der Waals surface area contributed by atoms with Crippen molar-refractivity contribution in [2.24, 2.45) is 0 Å². The number of amides is 2. The van der Waals surface area contributed by atoms with Gasteiger partial charge in [0.1, 0.15) is 11.8 Å². The smallest absolute Gasteiger partial charge is 0.261 e. The Balaban J connectivity index is 2.23. The van der Waals surface area contributed by atoms with Gasteiger partial charge in [-0.15, -0.1) is 0 Å². The number of hydrogen-bond acceptors (Lipinski definition) is 3. The molecule has 6 heteroatoms. The molecular formula is C23H29ClN2O3. The fraction of sp³-hybridized carbons (Fsp3) is 0.391. The van der Waals surface area contributed by atoms with Gasteiger partial charge in [0.2, 0.25) is 5.91 Å². The standard InChI is InChI=1S/C23H29ClN2O3/c1-5-21(23(28)25-16(2)3)26(14-18-10-7-6-9-17(18)4)22(27)15-29-20-12-8-11-19(24)13-20/h6-13,16,21H,5,14-15H2,1-4H3,(H,25,28)/t21-/m1/s1. The molecule has 0 unspecified atom stereocenters. The molecule has 0 aliphatic heterocycles. The van der Waals surface area contributed by atoms with Gasteiger partial charge in [-0.2, -0.15) is 0 Å². The maximum atomic E-state index is 13.1. The summed E-state index contributed by atoms with van der Waals surface area (Å²) >= 11 is 5.98. The van der Waals surface area contributed by atoms with E-state index >= 15 is 0 Å². The fourth-order valence-corrected chi connectivity index (χ4v) is 3.24. The van der Waals surface area contributed by atoms with Crippen molar-refractivity contribution in [3.8, 4) is 5.75 Å². The van der Waals surface area contributed by atoms with Crippen LogP contribution in [0.3, 0.4) is 0 Å². The van der Waals surface area contributed by atoms with E-state index in [0.717, 1.165) is 11.1 Å². The van der Waals surface area contributed by atoms with E-state index in [2.05, 4.69) is 5.32 Å². The number of ether oxygens (including phenoxy) is 1. The number of carbonyl (C=O) groups excluding carboxylic acids is 2. The lowest BCUT2D eigenvalue weighted by atomic mass is 10.1. The largest absolute Gasteiger partial charge is 0.484 e. The fourth-order valence-electron chi connectivity index (χ4n) is 3.06. The first-order valence-electron chi connectivity index (χ1n) is 9.84. The lowest BCUT2D eigenvalue weighted by Gasteiger charge is -2.31. The van der Waals surface area contributed by atoms with Crippen molar-refractivity contribution in [1.82, 2.24) is 10.2 Å². The molecule has 0 bridgehead atoms. The van der Waals surface area contributed by atoms with E-state index in [-0.39, 0.29) is 24.5 Å². The molecule has 0 radical (unpaired) electrons. The zero-order chi connectivity index (χ0) is 21.4. The first kappa shape index (κ1) is 22.8. The number of aryl methyl sites for hydroxylation is 1. The quantitative estimate of drug-likeness (QED) is 0.660. The molecule has 2 aromatic rings. The van der Waals surface area contributed by atoms with Crippen molar-refractivity contribution < 1.29 is 14.3 Å². The highest BCUT2D eigenvalue weighted by molar-refractivity contribution is 6.30. The van der Waals surface area contributed by atoms with Crippen molar-refractivity contribution in [3.63, 3.8) is 0 Å². The van der Waals surface area contributed by atoms with Crippen LogP contribution in [-0.2, 0) is 16.1 Å². The number of nitrogens with zero attached hydrogens (tertiary/aromatic N) is 1. The third-order valence-corrected chi connectivity index (χ3v) is 4.81. The van der Waals surface area contributed by atoms with Crippen LogP contribution < -0.4 is 10.1 Å². The third kappa shape index (κ3) is 6.79. The van der Waals surface area contributed by atoms with E-state index in [9.17, 15) is 9.59 Å². The molecule has 0 saturated heterocycles. The van der Waals surface area contributed by atoms with E-state index in [1.165, 1.54) is 0 Å². The van der Waals surface area contributed by atoms with Crippen LogP contribution >= 0.6 is 11.6 Å². The summed E-state index contributed by atoms with van der Waals surface area (Å²) in [6.45, 7) is 7.88. The minimum atomic E-state index is -0.576. The summed E-state index contributed by atoms with van der Waals surface area (Å²) in [7, 11) is 0. The van der Waals surface area contributed by atoms with Gasteiger partial charge in [0.15, 0.2) is 6.61 Å². The molecule has 2 amide bonds. The molecule has 1 N–H and O–H groups in total. The van der Waals surface area contributed by atoms with Gasteiger partial charge in [0, 0.05) is 17.6 Å². The Morgan fingerprint density at radius 2 is 1.86 bits per heavy atom. The van der Waals surface area contributed by atoms with Crippen molar-refractivity contribution >= 4 is 23.4 Å². The number of carbonyl (C=O) groups is 2. The molecule has 0 fully saturated rings. The lowest BCUT2D eigenvalue weighted by Crippen LogP contribution is -2.51. The minimum Gasteiger partial charge on any atom is -0.484 e. The van der Waals surface area contributed by atoms with E-state index in [4.69, 9.17) is 16.3 Å². The van der Waals surface area contributed by atoms with Gasteiger partial charge < -0.3 is 15.0 Å².